The molecular weight excluding hydrogens is 394 g/mol. The number of ether oxygens (including phenoxy) is 2. The second-order valence-corrected chi connectivity index (χ2v) is 8.94. The maximum atomic E-state index is 13.0. The maximum Gasteiger partial charge on any atom is 0.262 e. The number of hydrogen-bond acceptors (Lipinski definition) is 8. The first-order valence-electron chi connectivity index (χ1n) is 9.66. The van der Waals surface area contributed by atoms with Crippen LogP contribution < -0.4 is 24.0 Å². The summed E-state index contributed by atoms with van der Waals surface area (Å²) in [6.45, 7) is 2.86. The number of benzene rings is 1. The SMILES string of the molecule is CN(C)c1nc(N2CCCC2)ncc1NS(=O)(=O)c1ccc2c(c1)OCCCO2. The van der Waals surface area contributed by atoms with E-state index in [9.17, 15) is 8.42 Å². The van der Waals surface area contributed by atoms with Crippen molar-refractivity contribution in [1.29, 1.82) is 0 Å². The van der Waals surface area contributed by atoms with Crippen molar-refractivity contribution in [2.75, 3.05) is 54.9 Å². The summed E-state index contributed by atoms with van der Waals surface area (Å²) >= 11 is 0. The van der Waals surface area contributed by atoms with Crippen LogP contribution >= 0.6 is 0 Å². The molecule has 1 N–H and O–H groups in total. The van der Waals surface area contributed by atoms with Crippen molar-refractivity contribution in [3.63, 3.8) is 0 Å². The van der Waals surface area contributed by atoms with E-state index in [1.165, 1.54) is 18.3 Å². The van der Waals surface area contributed by atoms with Gasteiger partial charge in [-0.15, -0.1) is 0 Å². The third kappa shape index (κ3) is 4.16. The highest BCUT2D eigenvalue weighted by molar-refractivity contribution is 7.92. The number of nitrogens with zero attached hydrogens (tertiary/aromatic N) is 4. The summed E-state index contributed by atoms with van der Waals surface area (Å²) in [7, 11) is -0.211. The minimum absolute atomic E-state index is 0.0927. The predicted molar refractivity (Wildman–Crippen MR) is 111 cm³/mol. The summed E-state index contributed by atoms with van der Waals surface area (Å²) in [5, 5.41) is 0. The van der Waals surface area contributed by atoms with Crippen molar-refractivity contribution < 1.29 is 17.9 Å². The third-order valence-electron chi connectivity index (χ3n) is 4.84. The fraction of sp³-hybridized carbons (Fsp3) is 0.474. The van der Waals surface area contributed by atoms with E-state index in [2.05, 4.69) is 19.6 Å². The summed E-state index contributed by atoms with van der Waals surface area (Å²) < 4.78 is 39.8. The Morgan fingerprint density at radius 2 is 1.79 bits per heavy atom. The zero-order valence-corrected chi connectivity index (χ0v) is 17.4. The zero-order chi connectivity index (χ0) is 20.4. The van der Waals surface area contributed by atoms with Crippen LogP contribution in [-0.2, 0) is 10.0 Å². The average molecular weight is 420 g/mol. The summed E-state index contributed by atoms with van der Waals surface area (Å²) in [5.41, 5.74) is 0.324. The first kappa shape index (κ1) is 19.6. The summed E-state index contributed by atoms with van der Waals surface area (Å²) in [4.78, 5) is 12.9. The van der Waals surface area contributed by atoms with Gasteiger partial charge in [0.1, 0.15) is 5.69 Å². The number of nitrogens with one attached hydrogen (secondary N) is 1. The minimum Gasteiger partial charge on any atom is -0.490 e. The number of fused-ring (bicyclic) bond motifs is 1. The molecule has 0 atom stereocenters. The van der Waals surface area contributed by atoms with E-state index in [-0.39, 0.29) is 4.90 Å². The molecule has 0 radical (unpaired) electrons. The molecule has 1 saturated heterocycles. The number of aromatic nitrogens is 2. The standard InChI is InChI=1S/C19H25N5O4S/c1-23(2)18-15(13-20-19(21-18)24-8-3-4-9-24)22-29(25,26)14-6-7-16-17(12-14)28-11-5-10-27-16/h6-7,12-13,22H,3-5,8-11H2,1-2H3. The normalized spacial score (nSPS) is 16.4. The molecule has 4 rings (SSSR count). The highest BCUT2D eigenvalue weighted by Crippen LogP contribution is 2.33. The van der Waals surface area contributed by atoms with Crippen LogP contribution in [0.2, 0.25) is 0 Å². The second kappa shape index (κ2) is 7.94. The lowest BCUT2D eigenvalue weighted by molar-refractivity contribution is 0.297. The topological polar surface area (TPSA) is 96.9 Å². The predicted octanol–water partition coefficient (Wildman–Crippen LogP) is 2.10. The van der Waals surface area contributed by atoms with E-state index in [0.717, 1.165) is 32.4 Å². The van der Waals surface area contributed by atoms with Crippen LogP contribution in [0, 0.1) is 0 Å². The largest absolute Gasteiger partial charge is 0.490 e. The van der Waals surface area contributed by atoms with Crippen molar-refractivity contribution in [2.45, 2.75) is 24.2 Å². The summed E-state index contributed by atoms with van der Waals surface area (Å²) in [6.07, 6.45) is 4.50. The van der Waals surface area contributed by atoms with E-state index in [4.69, 9.17) is 9.47 Å². The number of sulfonamides is 1. The molecular formula is C19H25N5O4S. The van der Waals surface area contributed by atoms with Gasteiger partial charge in [0.25, 0.3) is 10.0 Å². The maximum absolute atomic E-state index is 13.0. The summed E-state index contributed by atoms with van der Waals surface area (Å²) in [6, 6.07) is 4.61. The molecule has 0 aliphatic carbocycles. The Kier molecular flexibility index (Phi) is 5.35. The molecule has 0 amide bonds. The average Bonchev–Trinajstić information content (AvgIpc) is 3.13. The van der Waals surface area contributed by atoms with Gasteiger partial charge in [0.2, 0.25) is 5.95 Å². The van der Waals surface area contributed by atoms with Crippen LogP contribution in [0.3, 0.4) is 0 Å². The molecule has 29 heavy (non-hydrogen) atoms. The van der Waals surface area contributed by atoms with Crippen LogP contribution in [0.4, 0.5) is 17.5 Å². The minimum atomic E-state index is -3.85. The molecule has 3 heterocycles. The lowest BCUT2D eigenvalue weighted by Crippen LogP contribution is -2.24. The van der Waals surface area contributed by atoms with Gasteiger partial charge in [-0.3, -0.25) is 4.72 Å². The molecule has 9 nitrogen and oxygen atoms in total. The monoisotopic (exact) mass is 419 g/mol. The molecule has 2 aliphatic rings. The van der Waals surface area contributed by atoms with Crippen LogP contribution in [0.5, 0.6) is 11.5 Å². The molecule has 10 heteroatoms. The van der Waals surface area contributed by atoms with Crippen molar-refractivity contribution in [1.82, 2.24) is 9.97 Å². The first-order chi connectivity index (χ1) is 13.9. The Labute approximate surface area is 170 Å². The van der Waals surface area contributed by atoms with E-state index in [0.29, 0.717) is 42.2 Å². The van der Waals surface area contributed by atoms with Crippen LogP contribution in [-0.4, -0.2) is 58.8 Å². The Hall–Kier alpha value is -2.75. The fourth-order valence-corrected chi connectivity index (χ4v) is 4.42. The van der Waals surface area contributed by atoms with E-state index in [1.807, 2.05) is 14.1 Å². The Morgan fingerprint density at radius 3 is 2.52 bits per heavy atom. The molecule has 2 aromatic rings. The van der Waals surface area contributed by atoms with Crippen molar-refractivity contribution in [2.24, 2.45) is 0 Å². The van der Waals surface area contributed by atoms with Crippen LogP contribution in [0.15, 0.2) is 29.3 Å². The van der Waals surface area contributed by atoms with Gasteiger partial charge in [0.05, 0.1) is 24.3 Å². The molecule has 1 aromatic carbocycles. The molecule has 0 saturated carbocycles. The Balaban J connectivity index is 1.63. The van der Waals surface area contributed by atoms with Crippen LogP contribution in [0.25, 0.3) is 0 Å². The molecule has 0 spiro atoms. The van der Waals surface area contributed by atoms with Gasteiger partial charge in [-0.05, 0) is 25.0 Å². The fourth-order valence-electron chi connectivity index (χ4n) is 3.36. The van der Waals surface area contributed by atoms with Crippen molar-refractivity contribution >= 4 is 27.5 Å². The van der Waals surface area contributed by atoms with Gasteiger partial charge in [-0.2, -0.15) is 4.98 Å². The third-order valence-corrected chi connectivity index (χ3v) is 6.21. The van der Waals surface area contributed by atoms with Crippen molar-refractivity contribution in [3.05, 3.63) is 24.4 Å². The van der Waals surface area contributed by atoms with Gasteiger partial charge < -0.3 is 19.3 Å². The van der Waals surface area contributed by atoms with Gasteiger partial charge >= 0.3 is 0 Å². The first-order valence-corrected chi connectivity index (χ1v) is 11.1. The molecule has 0 bridgehead atoms. The highest BCUT2D eigenvalue weighted by atomic mass is 32.2. The number of rotatable bonds is 5. The number of anilines is 3. The van der Waals surface area contributed by atoms with Gasteiger partial charge in [-0.25, -0.2) is 13.4 Å². The Bertz CT molecular complexity index is 990. The molecule has 1 aromatic heterocycles. The second-order valence-electron chi connectivity index (χ2n) is 7.26. The van der Waals surface area contributed by atoms with Gasteiger partial charge in [0, 0.05) is 39.7 Å². The molecule has 0 unspecified atom stereocenters. The van der Waals surface area contributed by atoms with Gasteiger partial charge in [0.15, 0.2) is 17.3 Å². The van der Waals surface area contributed by atoms with Gasteiger partial charge in [-0.1, -0.05) is 0 Å². The van der Waals surface area contributed by atoms with E-state index in [1.54, 1.807) is 11.0 Å². The highest BCUT2D eigenvalue weighted by Gasteiger charge is 2.23. The van der Waals surface area contributed by atoms with Crippen molar-refractivity contribution in [3.8, 4) is 11.5 Å². The lowest BCUT2D eigenvalue weighted by atomic mass is 10.3. The molecule has 1 fully saturated rings. The lowest BCUT2D eigenvalue weighted by Gasteiger charge is -2.21. The smallest absolute Gasteiger partial charge is 0.262 e. The Morgan fingerprint density at radius 1 is 1.07 bits per heavy atom. The van der Waals surface area contributed by atoms with E-state index < -0.39 is 10.0 Å². The number of hydrogen-bond donors (Lipinski definition) is 1. The van der Waals surface area contributed by atoms with Crippen LogP contribution in [0.1, 0.15) is 19.3 Å². The quantitative estimate of drug-likeness (QED) is 0.787. The summed E-state index contributed by atoms with van der Waals surface area (Å²) in [5.74, 6) is 2.11. The molecule has 2 aliphatic heterocycles. The molecule has 156 valence electrons. The van der Waals surface area contributed by atoms with E-state index >= 15 is 0 Å². The zero-order valence-electron chi connectivity index (χ0n) is 16.6.